The molecule has 0 aliphatic heterocycles. The Morgan fingerprint density at radius 2 is 1.92 bits per heavy atom. The molecule has 2 aromatic carbocycles. The SMILES string of the molecule is C[C@H](NS(=O)(=O)c1ccccc1F)C(=O)Nc1ccc2[nH]ccc2c1. The molecule has 0 aliphatic carbocycles. The van der Waals surface area contributed by atoms with Crippen LogP contribution in [0.1, 0.15) is 6.92 Å². The molecule has 1 atom stereocenters. The molecule has 0 radical (unpaired) electrons. The maximum atomic E-state index is 13.7. The maximum absolute atomic E-state index is 13.7. The smallest absolute Gasteiger partial charge is 0.244 e. The van der Waals surface area contributed by atoms with E-state index >= 15 is 0 Å². The average molecular weight is 361 g/mol. The van der Waals surface area contributed by atoms with E-state index in [1.165, 1.54) is 19.1 Å². The zero-order chi connectivity index (χ0) is 18.0. The third kappa shape index (κ3) is 3.70. The van der Waals surface area contributed by atoms with Crippen LogP contribution in [0, 0.1) is 5.82 Å². The minimum absolute atomic E-state index is 0.497. The number of aromatic nitrogens is 1. The van der Waals surface area contributed by atoms with Crippen LogP contribution in [0.25, 0.3) is 10.9 Å². The number of rotatable bonds is 5. The molecule has 3 rings (SSSR count). The predicted octanol–water partition coefficient (Wildman–Crippen LogP) is 2.61. The fraction of sp³-hybridized carbons (Fsp3) is 0.118. The van der Waals surface area contributed by atoms with E-state index in [0.29, 0.717) is 5.69 Å². The van der Waals surface area contributed by atoms with E-state index in [4.69, 9.17) is 0 Å². The van der Waals surface area contributed by atoms with Gasteiger partial charge < -0.3 is 10.3 Å². The van der Waals surface area contributed by atoms with Crippen molar-refractivity contribution in [2.45, 2.75) is 17.9 Å². The number of anilines is 1. The molecule has 25 heavy (non-hydrogen) atoms. The van der Waals surface area contributed by atoms with Crippen LogP contribution in [0.15, 0.2) is 59.6 Å². The lowest BCUT2D eigenvalue weighted by Gasteiger charge is -2.15. The van der Waals surface area contributed by atoms with Gasteiger partial charge in [0.2, 0.25) is 15.9 Å². The van der Waals surface area contributed by atoms with Gasteiger partial charge in [0.05, 0.1) is 6.04 Å². The maximum Gasteiger partial charge on any atom is 0.244 e. The summed E-state index contributed by atoms with van der Waals surface area (Å²) in [6.07, 6.45) is 1.78. The van der Waals surface area contributed by atoms with Gasteiger partial charge in [0, 0.05) is 22.8 Å². The summed E-state index contributed by atoms with van der Waals surface area (Å²) in [4.78, 5) is 14.8. The highest BCUT2D eigenvalue weighted by Crippen LogP contribution is 2.18. The summed E-state index contributed by atoms with van der Waals surface area (Å²) >= 11 is 0. The third-order valence-electron chi connectivity index (χ3n) is 3.67. The van der Waals surface area contributed by atoms with Crippen molar-refractivity contribution in [2.24, 2.45) is 0 Å². The number of hydrogen-bond acceptors (Lipinski definition) is 3. The Hall–Kier alpha value is -2.71. The monoisotopic (exact) mass is 361 g/mol. The number of fused-ring (bicyclic) bond motifs is 1. The van der Waals surface area contributed by atoms with E-state index in [9.17, 15) is 17.6 Å². The second-order valence-electron chi connectivity index (χ2n) is 5.54. The molecule has 1 heterocycles. The summed E-state index contributed by atoms with van der Waals surface area (Å²) in [6, 6.07) is 11.0. The predicted molar refractivity (Wildman–Crippen MR) is 93.1 cm³/mol. The Balaban J connectivity index is 1.73. The summed E-state index contributed by atoms with van der Waals surface area (Å²) in [5.74, 6) is -1.42. The normalized spacial score (nSPS) is 12.9. The van der Waals surface area contributed by atoms with Gasteiger partial charge in [-0.15, -0.1) is 0 Å². The van der Waals surface area contributed by atoms with E-state index in [-0.39, 0.29) is 0 Å². The fourth-order valence-corrected chi connectivity index (χ4v) is 3.68. The molecular formula is C17H16FN3O3S. The summed E-state index contributed by atoms with van der Waals surface area (Å²) in [5.41, 5.74) is 1.46. The number of amides is 1. The molecule has 8 heteroatoms. The molecule has 130 valence electrons. The molecule has 3 aromatic rings. The van der Waals surface area contributed by atoms with Crippen molar-refractivity contribution in [2.75, 3.05) is 5.32 Å². The first-order chi connectivity index (χ1) is 11.9. The molecule has 0 bridgehead atoms. The first-order valence-corrected chi connectivity index (χ1v) is 9.00. The van der Waals surface area contributed by atoms with Gasteiger partial charge in [-0.2, -0.15) is 4.72 Å². The van der Waals surface area contributed by atoms with Gasteiger partial charge in [0.15, 0.2) is 0 Å². The first kappa shape index (κ1) is 17.1. The average Bonchev–Trinajstić information content (AvgIpc) is 3.02. The minimum atomic E-state index is -4.14. The molecular weight excluding hydrogens is 345 g/mol. The van der Waals surface area contributed by atoms with Crippen LogP contribution in [-0.4, -0.2) is 25.4 Å². The lowest BCUT2D eigenvalue weighted by atomic mass is 10.2. The van der Waals surface area contributed by atoms with E-state index < -0.39 is 32.7 Å². The molecule has 0 saturated carbocycles. The molecule has 1 aromatic heterocycles. The van der Waals surface area contributed by atoms with Gasteiger partial charge in [0.25, 0.3) is 0 Å². The molecule has 0 saturated heterocycles. The lowest BCUT2D eigenvalue weighted by molar-refractivity contribution is -0.117. The van der Waals surface area contributed by atoms with E-state index in [2.05, 4.69) is 15.0 Å². The fourth-order valence-electron chi connectivity index (χ4n) is 2.39. The Morgan fingerprint density at radius 1 is 1.16 bits per heavy atom. The Labute approximate surface area is 144 Å². The van der Waals surface area contributed by atoms with Crippen molar-refractivity contribution < 1.29 is 17.6 Å². The van der Waals surface area contributed by atoms with Crippen LogP contribution in [0.5, 0.6) is 0 Å². The van der Waals surface area contributed by atoms with Gasteiger partial charge in [-0.25, -0.2) is 12.8 Å². The van der Waals surface area contributed by atoms with Crippen molar-refractivity contribution in [1.82, 2.24) is 9.71 Å². The number of aromatic amines is 1. The van der Waals surface area contributed by atoms with E-state index in [1.807, 2.05) is 6.07 Å². The van der Waals surface area contributed by atoms with E-state index in [1.54, 1.807) is 24.4 Å². The topological polar surface area (TPSA) is 91.1 Å². The highest BCUT2D eigenvalue weighted by Gasteiger charge is 2.24. The summed E-state index contributed by atoms with van der Waals surface area (Å²) in [7, 11) is -4.14. The number of carbonyl (C=O) groups is 1. The van der Waals surface area contributed by atoms with Crippen molar-refractivity contribution >= 4 is 32.5 Å². The third-order valence-corrected chi connectivity index (χ3v) is 5.25. The van der Waals surface area contributed by atoms with Crippen molar-refractivity contribution in [3.05, 3.63) is 60.5 Å². The molecule has 3 N–H and O–H groups in total. The van der Waals surface area contributed by atoms with Crippen molar-refractivity contribution in [3.63, 3.8) is 0 Å². The standard InChI is InChI=1S/C17H16FN3O3S/c1-11(21-25(23,24)16-5-3-2-4-14(16)18)17(22)20-13-6-7-15-12(10-13)8-9-19-15/h2-11,19,21H,1H3,(H,20,22)/t11-/m0/s1. The van der Waals surface area contributed by atoms with Crippen molar-refractivity contribution in [1.29, 1.82) is 0 Å². The molecule has 1 amide bonds. The summed E-state index contributed by atoms with van der Waals surface area (Å²) in [6.45, 7) is 1.39. The quantitative estimate of drug-likeness (QED) is 0.652. The van der Waals surface area contributed by atoms with Gasteiger partial charge in [-0.05, 0) is 43.3 Å². The summed E-state index contributed by atoms with van der Waals surface area (Å²) in [5, 5.41) is 3.55. The number of H-pyrrole nitrogens is 1. The molecule has 6 nitrogen and oxygen atoms in total. The van der Waals surface area contributed by atoms with Crippen molar-refractivity contribution in [3.8, 4) is 0 Å². The molecule has 0 unspecified atom stereocenters. The number of halogens is 1. The summed E-state index contributed by atoms with van der Waals surface area (Å²) < 4.78 is 40.3. The van der Waals surface area contributed by atoms with Crippen LogP contribution in [0.4, 0.5) is 10.1 Å². The minimum Gasteiger partial charge on any atom is -0.361 e. The number of nitrogens with one attached hydrogen (secondary N) is 3. The van der Waals surface area contributed by atoms with Crippen LogP contribution in [0.3, 0.4) is 0 Å². The highest BCUT2D eigenvalue weighted by molar-refractivity contribution is 7.89. The Morgan fingerprint density at radius 3 is 2.68 bits per heavy atom. The zero-order valence-corrected chi connectivity index (χ0v) is 14.1. The zero-order valence-electron chi connectivity index (χ0n) is 13.3. The number of hydrogen-bond donors (Lipinski definition) is 3. The second kappa shape index (κ2) is 6.66. The number of carbonyl (C=O) groups excluding carboxylic acids is 1. The molecule has 0 aliphatic rings. The number of benzene rings is 2. The van der Waals surface area contributed by atoms with Gasteiger partial charge in [-0.3, -0.25) is 4.79 Å². The molecule has 0 fully saturated rings. The first-order valence-electron chi connectivity index (χ1n) is 7.52. The molecule has 0 spiro atoms. The van der Waals surface area contributed by atoms with Gasteiger partial charge in [0.1, 0.15) is 10.7 Å². The Bertz CT molecular complexity index is 1030. The van der Waals surface area contributed by atoms with Crippen LogP contribution >= 0.6 is 0 Å². The van der Waals surface area contributed by atoms with Crippen LogP contribution in [-0.2, 0) is 14.8 Å². The second-order valence-corrected chi connectivity index (χ2v) is 7.22. The lowest BCUT2D eigenvalue weighted by Crippen LogP contribution is -2.41. The van der Waals surface area contributed by atoms with E-state index in [0.717, 1.165) is 23.0 Å². The largest absolute Gasteiger partial charge is 0.361 e. The van der Waals surface area contributed by atoms with Gasteiger partial charge in [-0.1, -0.05) is 12.1 Å². The Kier molecular flexibility index (Phi) is 4.56. The van der Waals surface area contributed by atoms with Crippen LogP contribution in [0.2, 0.25) is 0 Å². The van der Waals surface area contributed by atoms with Gasteiger partial charge >= 0.3 is 0 Å². The number of sulfonamides is 1. The van der Waals surface area contributed by atoms with Crippen LogP contribution < -0.4 is 10.0 Å². The highest BCUT2D eigenvalue weighted by atomic mass is 32.2.